The average molecular weight is 442 g/mol. The fraction of sp³-hybridized carbons (Fsp3) is 0.333. The number of anilines is 1. The van der Waals surface area contributed by atoms with Gasteiger partial charge < -0.3 is 10.2 Å². The summed E-state index contributed by atoms with van der Waals surface area (Å²) in [5, 5.41) is 3.09. The molecule has 5 nitrogen and oxygen atoms in total. The normalized spacial score (nSPS) is 21.5. The van der Waals surface area contributed by atoms with E-state index in [2.05, 4.69) is 38.0 Å². The maximum absolute atomic E-state index is 14.0. The molecule has 0 radical (unpaired) electrons. The summed E-state index contributed by atoms with van der Waals surface area (Å²) >= 11 is 6.56. The number of urea groups is 1. The van der Waals surface area contributed by atoms with Crippen molar-refractivity contribution in [3.8, 4) is 0 Å². The molecule has 2 aliphatic heterocycles. The monoisotopic (exact) mass is 441 g/mol. The molecule has 1 unspecified atom stereocenters. The van der Waals surface area contributed by atoms with Gasteiger partial charge in [-0.2, -0.15) is 0 Å². The van der Waals surface area contributed by atoms with Crippen molar-refractivity contribution in [1.29, 1.82) is 0 Å². The Morgan fingerprint density at radius 3 is 2.68 bits per heavy atom. The van der Waals surface area contributed by atoms with Crippen LogP contribution in [0.25, 0.3) is 6.08 Å². The fourth-order valence-corrected chi connectivity index (χ4v) is 4.60. The summed E-state index contributed by atoms with van der Waals surface area (Å²) in [6.07, 6.45) is 2.58. The Morgan fingerprint density at radius 1 is 1.26 bits per heavy atom. The Hall–Kier alpha value is -2.86. The number of benzene rings is 2. The second-order valence-corrected chi connectivity index (χ2v) is 9.29. The fourth-order valence-electron chi connectivity index (χ4n) is 4.38. The average Bonchev–Trinajstić information content (AvgIpc) is 2.96. The van der Waals surface area contributed by atoms with Gasteiger partial charge in [0.15, 0.2) is 0 Å². The molecule has 1 fully saturated rings. The number of rotatable bonds is 3. The zero-order chi connectivity index (χ0) is 22.5. The predicted molar refractivity (Wildman–Crippen MR) is 120 cm³/mol. The van der Waals surface area contributed by atoms with E-state index in [1.807, 2.05) is 12.1 Å². The van der Waals surface area contributed by atoms with Gasteiger partial charge in [-0.05, 0) is 61.6 Å². The van der Waals surface area contributed by atoms with Crippen LogP contribution in [-0.4, -0.2) is 29.4 Å². The first-order valence-electron chi connectivity index (χ1n) is 10.2. The molecule has 1 atom stereocenters. The van der Waals surface area contributed by atoms with Crippen LogP contribution >= 0.6 is 11.6 Å². The van der Waals surface area contributed by atoms with E-state index in [-0.39, 0.29) is 23.3 Å². The number of carbonyl (C=O) groups is 2. The minimum atomic E-state index is -0.580. The van der Waals surface area contributed by atoms with Gasteiger partial charge in [-0.3, -0.25) is 9.69 Å². The SMILES string of the molecule is CC1CC(C)(C)N(C)c2cc(Cl)c(/C=C3\NC(=O)N(Cc4ccccc4F)C3=O)cc21. The molecule has 2 aromatic carbocycles. The zero-order valence-electron chi connectivity index (χ0n) is 18.0. The predicted octanol–water partition coefficient (Wildman–Crippen LogP) is 5.29. The Labute approximate surface area is 186 Å². The third kappa shape index (κ3) is 3.81. The second kappa shape index (κ2) is 7.68. The van der Waals surface area contributed by atoms with Crippen LogP contribution in [0.2, 0.25) is 5.02 Å². The van der Waals surface area contributed by atoms with Crippen molar-refractivity contribution in [2.45, 2.75) is 45.2 Å². The largest absolute Gasteiger partial charge is 0.369 e. The molecule has 2 aromatic rings. The molecular weight excluding hydrogens is 417 g/mol. The number of hydrogen-bond acceptors (Lipinski definition) is 3. The van der Waals surface area contributed by atoms with Crippen molar-refractivity contribution < 1.29 is 14.0 Å². The van der Waals surface area contributed by atoms with Crippen molar-refractivity contribution in [3.05, 3.63) is 69.6 Å². The van der Waals surface area contributed by atoms with Gasteiger partial charge >= 0.3 is 6.03 Å². The lowest BCUT2D eigenvalue weighted by Gasteiger charge is -2.45. The Morgan fingerprint density at radius 2 is 1.97 bits per heavy atom. The van der Waals surface area contributed by atoms with E-state index < -0.39 is 17.8 Å². The van der Waals surface area contributed by atoms with Crippen molar-refractivity contribution in [1.82, 2.24) is 10.2 Å². The van der Waals surface area contributed by atoms with Crippen LogP contribution in [-0.2, 0) is 11.3 Å². The first kappa shape index (κ1) is 21.4. The molecule has 0 aliphatic carbocycles. The van der Waals surface area contributed by atoms with Gasteiger partial charge in [0, 0.05) is 28.9 Å². The van der Waals surface area contributed by atoms with E-state index >= 15 is 0 Å². The molecular formula is C24H25ClFN3O2. The molecule has 31 heavy (non-hydrogen) atoms. The van der Waals surface area contributed by atoms with E-state index in [1.165, 1.54) is 6.07 Å². The summed E-state index contributed by atoms with van der Waals surface area (Å²) in [7, 11) is 2.06. The summed E-state index contributed by atoms with van der Waals surface area (Å²) in [5.41, 5.74) is 3.30. The Kier molecular flexibility index (Phi) is 5.30. The van der Waals surface area contributed by atoms with Crippen molar-refractivity contribution >= 4 is 35.3 Å². The lowest BCUT2D eigenvalue weighted by molar-refractivity contribution is -0.123. The standard InChI is InChI=1S/C24H25ClFN3O2/c1-14-12-24(2,3)28(4)21-11-18(25)16(9-17(14)21)10-20-22(30)29(23(31)27-20)13-15-7-5-6-8-19(15)26/h5-11,14H,12-13H2,1-4H3,(H,27,31)/b20-10-. The molecule has 3 amide bonds. The highest BCUT2D eigenvalue weighted by molar-refractivity contribution is 6.32. The van der Waals surface area contributed by atoms with Gasteiger partial charge in [-0.25, -0.2) is 9.18 Å². The number of fused-ring (bicyclic) bond motifs is 1. The lowest BCUT2D eigenvalue weighted by Crippen LogP contribution is -2.45. The van der Waals surface area contributed by atoms with Crippen LogP contribution < -0.4 is 10.2 Å². The van der Waals surface area contributed by atoms with Crippen molar-refractivity contribution in [2.75, 3.05) is 11.9 Å². The number of carbonyl (C=O) groups excluding carboxylic acids is 2. The summed E-state index contributed by atoms with van der Waals surface area (Å²) in [6.45, 7) is 6.45. The number of nitrogens with one attached hydrogen (secondary N) is 1. The Balaban J connectivity index is 1.65. The van der Waals surface area contributed by atoms with E-state index in [1.54, 1.807) is 24.3 Å². The highest BCUT2D eigenvalue weighted by atomic mass is 35.5. The molecule has 1 saturated heterocycles. The number of nitrogens with zero attached hydrogens (tertiary/aromatic N) is 2. The number of imide groups is 1. The van der Waals surface area contributed by atoms with Crippen molar-refractivity contribution in [2.24, 2.45) is 0 Å². The van der Waals surface area contributed by atoms with Crippen LogP contribution in [0.15, 0.2) is 42.1 Å². The topological polar surface area (TPSA) is 52.7 Å². The van der Waals surface area contributed by atoms with Crippen molar-refractivity contribution in [3.63, 3.8) is 0 Å². The van der Waals surface area contributed by atoms with Crippen LogP contribution in [0.1, 0.15) is 49.8 Å². The van der Waals surface area contributed by atoms with Gasteiger partial charge in [0.2, 0.25) is 0 Å². The summed E-state index contributed by atoms with van der Waals surface area (Å²) < 4.78 is 14.0. The van der Waals surface area contributed by atoms with Crippen LogP contribution in [0.3, 0.4) is 0 Å². The van der Waals surface area contributed by atoms with E-state index in [4.69, 9.17) is 11.6 Å². The number of halogens is 2. The highest BCUT2D eigenvalue weighted by Gasteiger charge is 2.36. The molecule has 0 saturated carbocycles. The molecule has 4 rings (SSSR count). The van der Waals surface area contributed by atoms with Gasteiger partial charge in [0.05, 0.1) is 6.54 Å². The summed E-state index contributed by atoms with van der Waals surface area (Å²) in [6, 6.07) is 9.41. The lowest BCUT2D eigenvalue weighted by atomic mass is 9.80. The number of hydrogen-bond donors (Lipinski definition) is 1. The third-order valence-corrected chi connectivity index (χ3v) is 6.63. The van der Waals surface area contributed by atoms with Crippen LogP contribution in [0, 0.1) is 5.82 Å². The Bertz CT molecular complexity index is 1110. The molecule has 1 N–H and O–H groups in total. The highest BCUT2D eigenvalue weighted by Crippen LogP contribution is 2.44. The molecule has 2 aliphatic rings. The molecule has 0 aromatic heterocycles. The van der Waals surface area contributed by atoms with Crippen LogP contribution in [0.5, 0.6) is 0 Å². The molecule has 0 spiro atoms. The molecule has 0 bridgehead atoms. The molecule has 162 valence electrons. The quantitative estimate of drug-likeness (QED) is 0.519. The molecule has 7 heteroatoms. The maximum Gasteiger partial charge on any atom is 0.329 e. The smallest absolute Gasteiger partial charge is 0.329 e. The zero-order valence-corrected chi connectivity index (χ0v) is 18.8. The van der Waals surface area contributed by atoms with Crippen LogP contribution in [0.4, 0.5) is 14.9 Å². The van der Waals surface area contributed by atoms with Gasteiger partial charge in [0.1, 0.15) is 11.5 Å². The van der Waals surface area contributed by atoms with E-state index in [9.17, 15) is 14.0 Å². The summed E-state index contributed by atoms with van der Waals surface area (Å²) in [5.74, 6) is -0.644. The van der Waals surface area contributed by atoms with Gasteiger partial charge in [-0.1, -0.05) is 36.7 Å². The second-order valence-electron chi connectivity index (χ2n) is 8.88. The third-order valence-electron chi connectivity index (χ3n) is 6.30. The first-order chi connectivity index (χ1) is 14.6. The summed E-state index contributed by atoms with van der Waals surface area (Å²) in [4.78, 5) is 28.4. The number of amides is 3. The first-order valence-corrected chi connectivity index (χ1v) is 10.6. The van der Waals surface area contributed by atoms with E-state index in [0.29, 0.717) is 16.5 Å². The molecule has 2 heterocycles. The minimum Gasteiger partial charge on any atom is -0.369 e. The van der Waals surface area contributed by atoms with E-state index in [0.717, 1.165) is 22.6 Å². The van der Waals surface area contributed by atoms with Gasteiger partial charge in [-0.15, -0.1) is 0 Å². The van der Waals surface area contributed by atoms with Gasteiger partial charge in [0.25, 0.3) is 5.91 Å². The maximum atomic E-state index is 14.0. The minimum absolute atomic E-state index is 0.0122.